The lowest BCUT2D eigenvalue weighted by atomic mass is 10.2. The summed E-state index contributed by atoms with van der Waals surface area (Å²) in [6, 6.07) is 4.38. The molecule has 0 fully saturated rings. The Labute approximate surface area is 116 Å². The molecule has 1 rings (SSSR count). The van der Waals surface area contributed by atoms with Gasteiger partial charge in [-0.3, -0.25) is 4.90 Å². The van der Waals surface area contributed by atoms with Crippen LogP contribution < -0.4 is 5.32 Å². The minimum atomic E-state index is 1.13. The number of thiophene rings is 1. The molecular weight excluding hydrogens is 240 g/mol. The largest absolute Gasteiger partial charge is 0.317 e. The molecule has 0 bridgehead atoms. The van der Waals surface area contributed by atoms with E-state index >= 15 is 0 Å². The Morgan fingerprint density at radius 3 is 2.72 bits per heavy atom. The van der Waals surface area contributed by atoms with E-state index in [0.29, 0.717) is 0 Å². The van der Waals surface area contributed by atoms with E-state index in [1.165, 1.54) is 50.2 Å². The van der Waals surface area contributed by atoms with Crippen molar-refractivity contribution in [2.45, 2.75) is 46.1 Å². The van der Waals surface area contributed by atoms with Gasteiger partial charge in [-0.1, -0.05) is 26.3 Å². The smallest absolute Gasteiger partial charge is 0.0327 e. The van der Waals surface area contributed by atoms with Gasteiger partial charge >= 0.3 is 0 Å². The average molecular weight is 268 g/mol. The molecule has 0 spiro atoms. The fourth-order valence-electron chi connectivity index (χ4n) is 2.04. The summed E-state index contributed by atoms with van der Waals surface area (Å²) in [5.41, 5.74) is 0. The Kier molecular flexibility index (Phi) is 9.17. The molecule has 1 aromatic heterocycles. The number of unbranched alkanes of at least 4 members (excludes halogenated alkanes) is 2. The highest BCUT2D eigenvalue weighted by molar-refractivity contribution is 7.09. The molecule has 2 nitrogen and oxygen atoms in total. The Morgan fingerprint density at radius 2 is 2.06 bits per heavy atom. The zero-order valence-corrected chi connectivity index (χ0v) is 12.8. The van der Waals surface area contributed by atoms with Crippen LogP contribution >= 0.6 is 11.3 Å². The fourth-order valence-corrected chi connectivity index (χ4v) is 2.78. The van der Waals surface area contributed by atoms with Crippen LogP contribution in [0, 0.1) is 0 Å². The molecule has 18 heavy (non-hydrogen) atoms. The number of hydrogen-bond donors (Lipinski definition) is 1. The normalized spacial score (nSPS) is 11.3. The predicted molar refractivity (Wildman–Crippen MR) is 82.3 cm³/mol. The molecule has 0 saturated heterocycles. The highest BCUT2D eigenvalue weighted by Crippen LogP contribution is 2.12. The van der Waals surface area contributed by atoms with Crippen molar-refractivity contribution in [3.8, 4) is 0 Å². The molecule has 1 heterocycles. The van der Waals surface area contributed by atoms with Gasteiger partial charge in [0, 0.05) is 11.4 Å². The monoisotopic (exact) mass is 268 g/mol. The Balaban J connectivity index is 2.01. The van der Waals surface area contributed by atoms with Crippen LogP contribution in [-0.4, -0.2) is 31.1 Å². The van der Waals surface area contributed by atoms with E-state index in [1.807, 2.05) is 11.3 Å². The summed E-state index contributed by atoms with van der Waals surface area (Å²) in [6.07, 6.45) is 5.23. The molecule has 0 unspecified atom stereocenters. The van der Waals surface area contributed by atoms with E-state index in [-0.39, 0.29) is 0 Å². The van der Waals surface area contributed by atoms with E-state index in [1.54, 1.807) is 0 Å². The Bertz CT molecular complexity index is 272. The molecule has 0 aliphatic rings. The first-order chi connectivity index (χ1) is 8.86. The van der Waals surface area contributed by atoms with Crippen LogP contribution in [0.2, 0.25) is 0 Å². The Morgan fingerprint density at radius 1 is 1.17 bits per heavy atom. The average Bonchev–Trinajstić information content (AvgIpc) is 2.89. The second kappa shape index (κ2) is 10.5. The summed E-state index contributed by atoms with van der Waals surface area (Å²) < 4.78 is 0. The molecule has 0 aliphatic heterocycles. The standard InChI is InChI=1S/C15H28N2S/c1-3-10-16-11-6-5-7-12-17(4-2)14-15-9-8-13-18-15/h8-9,13,16H,3-7,10-12,14H2,1-2H3. The first-order valence-corrected chi connectivity index (χ1v) is 8.20. The van der Waals surface area contributed by atoms with Crippen LogP contribution in [0.15, 0.2) is 17.5 Å². The highest BCUT2D eigenvalue weighted by atomic mass is 32.1. The van der Waals surface area contributed by atoms with Crippen LogP contribution in [0.3, 0.4) is 0 Å². The van der Waals surface area contributed by atoms with Crippen molar-refractivity contribution in [1.29, 1.82) is 0 Å². The quantitative estimate of drug-likeness (QED) is 0.615. The van der Waals surface area contributed by atoms with E-state index in [9.17, 15) is 0 Å². The van der Waals surface area contributed by atoms with Gasteiger partial charge < -0.3 is 5.32 Å². The predicted octanol–water partition coefficient (Wildman–Crippen LogP) is 3.74. The number of nitrogens with zero attached hydrogens (tertiary/aromatic N) is 1. The maximum Gasteiger partial charge on any atom is 0.0327 e. The molecule has 104 valence electrons. The van der Waals surface area contributed by atoms with Gasteiger partial charge in [0.2, 0.25) is 0 Å². The first kappa shape index (κ1) is 15.7. The molecule has 0 saturated carbocycles. The number of nitrogens with one attached hydrogen (secondary N) is 1. The van der Waals surface area contributed by atoms with Gasteiger partial charge in [0.05, 0.1) is 0 Å². The molecule has 0 aliphatic carbocycles. The van der Waals surface area contributed by atoms with E-state index in [4.69, 9.17) is 0 Å². The number of rotatable bonds is 11. The summed E-state index contributed by atoms with van der Waals surface area (Å²) >= 11 is 1.87. The second-order valence-corrected chi connectivity index (χ2v) is 5.79. The van der Waals surface area contributed by atoms with Gasteiger partial charge in [0.15, 0.2) is 0 Å². The zero-order valence-electron chi connectivity index (χ0n) is 12.0. The molecule has 1 N–H and O–H groups in total. The summed E-state index contributed by atoms with van der Waals surface area (Å²) in [4.78, 5) is 4.03. The zero-order chi connectivity index (χ0) is 13.1. The third kappa shape index (κ3) is 7.14. The lowest BCUT2D eigenvalue weighted by Gasteiger charge is -2.19. The summed E-state index contributed by atoms with van der Waals surface area (Å²) in [7, 11) is 0. The third-order valence-corrected chi connectivity index (χ3v) is 4.02. The van der Waals surface area contributed by atoms with Crippen LogP contribution in [0.5, 0.6) is 0 Å². The lowest BCUT2D eigenvalue weighted by Crippen LogP contribution is -2.23. The van der Waals surface area contributed by atoms with Crippen molar-refractivity contribution in [2.24, 2.45) is 0 Å². The van der Waals surface area contributed by atoms with Crippen LogP contribution in [-0.2, 0) is 6.54 Å². The molecular formula is C15H28N2S. The molecule has 0 radical (unpaired) electrons. The summed E-state index contributed by atoms with van der Waals surface area (Å²) in [5.74, 6) is 0. The van der Waals surface area contributed by atoms with Crippen molar-refractivity contribution in [1.82, 2.24) is 10.2 Å². The van der Waals surface area contributed by atoms with Gasteiger partial charge in [-0.2, -0.15) is 0 Å². The second-order valence-electron chi connectivity index (χ2n) is 4.76. The van der Waals surface area contributed by atoms with Crippen molar-refractivity contribution in [2.75, 3.05) is 26.2 Å². The van der Waals surface area contributed by atoms with Crippen molar-refractivity contribution in [3.63, 3.8) is 0 Å². The van der Waals surface area contributed by atoms with Gasteiger partial charge in [0.25, 0.3) is 0 Å². The van der Waals surface area contributed by atoms with Gasteiger partial charge in [-0.25, -0.2) is 0 Å². The highest BCUT2D eigenvalue weighted by Gasteiger charge is 2.03. The van der Waals surface area contributed by atoms with E-state index in [0.717, 1.165) is 13.1 Å². The first-order valence-electron chi connectivity index (χ1n) is 7.32. The maximum atomic E-state index is 3.46. The van der Waals surface area contributed by atoms with Gasteiger partial charge in [-0.05, 0) is 56.9 Å². The van der Waals surface area contributed by atoms with Gasteiger partial charge in [0.1, 0.15) is 0 Å². The minimum absolute atomic E-state index is 1.13. The lowest BCUT2D eigenvalue weighted by molar-refractivity contribution is 0.275. The minimum Gasteiger partial charge on any atom is -0.317 e. The van der Waals surface area contributed by atoms with Crippen LogP contribution in [0.4, 0.5) is 0 Å². The number of hydrogen-bond acceptors (Lipinski definition) is 3. The van der Waals surface area contributed by atoms with Crippen molar-refractivity contribution in [3.05, 3.63) is 22.4 Å². The van der Waals surface area contributed by atoms with Crippen LogP contribution in [0.25, 0.3) is 0 Å². The Hall–Kier alpha value is -0.380. The third-order valence-electron chi connectivity index (χ3n) is 3.16. The van der Waals surface area contributed by atoms with E-state index in [2.05, 4.69) is 41.6 Å². The summed E-state index contributed by atoms with van der Waals surface area (Å²) in [5, 5.41) is 5.63. The molecule has 0 amide bonds. The van der Waals surface area contributed by atoms with Gasteiger partial charge in [-0.15, -0.1) is 11.3 Å². The van der Waals surface area contributed by atoms with Crippen molar-refractivity contribution >= 4 is 11.3 Å². The fraction of sp³-hybridized carbons (Fsp3) is 0.733. The van der Waals surface area contributed by atoms with E-state index < -0.39 is 0 Å². The SMILES string of the molecule is CCCNCCCCCN(CC)Cc1cccs1. The molecule has 0 atom stereocenters. The summed E-state index contributed by atoms with van der Waals surface area (Å²) in [6.45, 7) is 10.4. The molecule has 1 aromatic rings. The molecule has 3 heteroatoms. The molecule has 0 aromatic carbocycles. The maximum absolute atomic E-state index is 3.46. The van der Waals surface area contributed by atoms with Crippen molar-refractivity contribution < 1.29 is 0 Å². The topological polar surface area (TPSA) is 15.3 Å². The van der Waals surface area contributed by atoms with Crippen LogP contribution in [0.1, 0.15) is 44.4 Å².